The molecule has 3 rings (SSSR count). The van der Waals surface area contributed by atoms with E-state index >= 15 is 0 Å². The fourth-order valence-electron chi connectivity index (χ4n) is 3.69. The van der Waals surface area contributed by atoms with Gasteiger partial charge in [-0.25, -0.2) is 8.78 Å². The smallest absolute Gasteiger partial charge is 0.159 e. The molecular weight excluding hydrogens is 330 g/mol. The molecule has 0 unspecified atom stereocenters. The third kappa shape index (κ3) is 4.66. The molecule has 0 aromatic heterocycles. The quantitative estimate of drug-likeness (QED) is 0.401. The van der Waals surface area contributed by atoms with Gasteiger partial charge in [0.05, 0.1) is 0 Å². The van der Waals surface area contributed by atoms with Gasteiger partial charge in [-0.05, 0) is 60.9 Å². The highest BCUT2D eigenvalue weighted by Gasteiger charge is 2.23. The van der Waals surface area contributed by atoms with Crippen LogP contribution in [-0.2, 0) is 0 Å². The van der Waals surface area contributed by atoms with Gasteiger partial charge in [-0.2, -0.15) is 0 Å². The Morgan fingerprint density at radius 2 is 1.64 bits per heavy atom. The molecule has 0 atom stereocenters. The summed E-state index contributed by atoms with van der Waals surface area (Å²) in [6.45, 7) is 2.10. The average molecular weight is 356 g/mol. The Morgan fingerprint density at radius 1 is 0.960 bits per heavy atom. The van der Waals surface area contributed by atoms with Gasteiger partial charge in [0.1, 0.15) is 0 Å². The van der Waals surface area contributed by atoms with E-state index in [-0.39, 0.29) is 8.80 Å². The lowest BCUT2D eigenvalue weighted by molar-refractivity contribution is 0.509. The standard InChI is InChI=1S/C22H25F2Si/c1-2-3-4-13-25-14-11-19(12-15-25)17-5-7-18(8-6-17)20-9-10-21(23)22(24)16-20/h2-3,5-10,16,19H,4,11-15H2,1H3. The predicted octanol–water partition coefficient (Wildman–Crippen LogP) is 6.97. The molecule has 0 nitrogen and oxygen atoms in total. The zero-order valence-electron chi connectivity index (χ0n) is 14.8. The minimum atomic E-state index is -0.797. The summed E-state index contributed by atoms with van der Waals surface area (Å²) >= 11 is 0. The Labute approximate surface area is 151 Å². The van der Waals surface area contributed by atoms with Crippen LogP contribution < -0.4 is 0 Å². The second-order valence-corrected chi connectivity index (χ2v) is 9.88. The van der Waals surface area contributed by atoms with E-state index in [2.05, 4.69) is 31.2 Å². The van der Waals surface area contributed by atoms with Gasteiger partial charge >= 0.3 is 0 Å². The van der Waals surface area contributed by atoms with Crippen LogP contribution in [0, 0.1) is 11.6 Å². The molecule has 3 heteroatoms. The second-order valence-electron chi connectivity index (χ2n) is 6.88. The average Bonchev–Trinajstić information content (AvgIpc) is 2.65. The van der Waals surface area contributed by atoms with Crippen LogP contribution in [0.25, 0.3) is 11.1 Å². The van der Waals surface area contributed by atoms with E-state index in [0.29, 0.717) is 5.92 Å². The maximum absolute atomic E-state index is 13.4. The van der Waals surface area contributed by atoms with Crippen LogP contribution in [0.2, 0.25) is 18.1 Å². The first kappa shape index (κ1) is 18.1. The van der Waals surface area contributed by atoms with Crippen molar-refractivity contribution in [2.75, 3.05) is 0 Å². The topological polar surface area (TPSA) is 0 Å². The van der Waals surface area contributed by atoms with E-state index in [1.807, 2.05) is 12.1 Å². The van der Waals surface area contributed by atoms with Crippen molar-refractivity contribution in [3.63, 3.8) is 0 Å². The molecule has 1 heterocycles. The van der Waals surface area contributed by atoms with Crippen molar-refractivity contribution in [2.24, 2.45) is 0 Å². The van der Waals surface area contributed by atoms with Crippen LogP contribution in [0.3, 0.4) is 0 Å². The summed E-state index contributed by atoms with van der Waals surface area (Å²) in [6, 6.07) is 16.7. The lowest BCUT2D eigenvalue weighted by Gasteiger charge is -2.27. The first-order chi connectivity index (χ1) is 12.2. The Hall–Kier alpha value is -1.74. The van der Waals surface area contributed by atoms with Gasteiger partial charge in [-0.1, -0.05) is 60.6 Å². The van der Waals surface area contributed by atoms with Gasteiger partial charge in [0, 0.05) is 8.80 Å². The van der Waals surface area contributed by atoms with Gasteiger partial charge in [-0.3, -0.25) is 0 Å². The van der Waals surface area contributed by atoms with E-state index < -0.39 is 11.6 Å². The van der Waals surface area contributed by atoms with Crippen LogP contribution >= 0.6 is 0 Å². The number of hydrogen-bond acceptors (Lipinski definition) is 0. The lowest BCUT2D eigenvalue weighted by Crippen LogP contribution is -2.20. The maximum Gasteiger partial charge on any atom is 0.159 e. The first-order valence-corrected chi connectivity index (χ1v) is 11.3. The number of rotatable bonds is 5. The van der Waals surface area contributed by atoms with E-state index in [1.54, 1.807) is 6.07 Å². The third-order valence-corrected chi connectivity index (χ3v) is 8.22. The maximum atomic E-state index is 13.4. The number of halogens is 2. The largest absolute Gasteiger partial charge is 0.204 e. The summed E-state index contributed by atoms with van der Waals surface area (Å²) in [6.07, 6.45) is 8.30. The molecule has 0 N–H and O–H groups in total. The molecule has 1 aliphatic heterocycles. The van der Waals surface area contributed by atoms with Crippen molar-refractivity contribution >= 4 is 8.80 Å². The third-order valence-electron chi connectivity index (χ3n) is 5.23. The Bertz CT molecular complexity index is 713. The van der Waals surface area contributed by atoms with Crippen LogP contribution in [0.15, 0.2) is 54.6 Å². The molecule has 0 bridgehead atoms. The predicted molar refractivity (Wildman–Crippen MR) is 103 cm³/mol. The zero-order valence-corrected chi connectivity index (χ0v) is 15.8. The summed E-state index contributed by atoms with van der Waals surface area (Å²) < 4.78 is 26.5. The molecule has 1 saturated heterocycles. The number of allylic oxidation sites excluding steroid dienone is 2. The summed E-state index contributed by atoms with van der Waals surface area (Å²) in [5, 5.41) is 0. The van der Waals surface area contributed by atoms with Gasteiger partial charge < -0.3 is 0 Å². The summed E-state index contributed by atoms with van der Waals surface area (Å²) in [4.78, 5) is 0. The molecular formula is C22H25F2Si. The van der Waals surface area contributed by atoms with E-state index in [4.69, 9.17) is 0 Å². The SMILES string of the molecule is CC=CCC[Si]1CCC(c2ccc(-c3ccc(F)c(F)c3)cc2)CC1. The molecule has 2 aromatic carbocycles. The molecule has 131 valence electrons. The van der Waals surface area contributed by atoms with E-state index in [1.165, 1.54) is 55.1 Å². The van der Waals surface area contributed by atoms with Crippen LogP contribution in [0.4, 0.5) is 8.78 Å². The first-order valence-electron chi connectivity index (χ1n) is 9.17. The van der Waals surface area contributed by atoms with Gasteiger partial charge in [-0.15, -0.1) is 0 Å². The normalized spacial score (nSPS) is 16.6. The molecule has 0 spiro atoms. The fraction of sp³-hybridized carbons (Fsp3) is 0.364. The minimum absolute atomic E-state index is 0.148. The fourth-order valence-corrected chi connectivity index (χ4v) is 6.53. The zero-order chi connectivity index (χ0) is 17.6. The molecule has 0 saturated carbocycles. The molecule has 1 radical (unpaired) electrons. The highest BCUT2D eigenvalue weighted by Crippen LogP contribution is 2.35. The van der Waals surface area contributed by atoms with Crippen molar-refractivity contribution in [1.29, 1.82) is 0 Å². The summed E-state index contributed by atoms with van der Waals surface area (Å²) in [5.41, 5.74) is 3.05. The van der Waals surface area contributed by atoms with Crippen LogP contribution in [0.1, 0.15) is 37.7 Å². The van der Waals surface area contributed by atoms with Crippen molar-refractivity contribution in [1.82, 2.24) is 0 Å². The van der Waals surface area contributed by atoms with Crippen LogP contribution in [-0.4, -0.2) is 8.80 Å². The summed E-state index contributed by atoms with van der Waals surface area (Å²) in [5.74, 6) is -0.925. The number of benzene rings is 2. The molecule has 0 aliphatic carbocycles. The van der Waals surface area contributed by atoms with Crippen molar-refractivity contribution < 1.29 is 8.78 Å². The lowest BCUT2D eigenvalue weighted by atomic mass is 9.92. The molecule has 0 amide bonds. The Balaban J connectivity index is 1.60. The van der Waals surface area contributed by atoms with Crippen molar-refractivity contribution in [3.05, 3.63) is 71.8 Å². The monoisotopic (exact) mass is 355 g/mol. The molecule has 2 aromatic rings. The second kappa shape index (κ2) is 8.57. The van der Waals surface area contributed by atoms with Gasteiger partial charge in [0.15, 0.2) is 11.6 Å². The van der Waals surface area contributed by atoms with Gasteiger partial charge in [0.2, 0.25) is 0 Å². The van der Waals surface area contributed by atoms with Crippen molar-refractivity contribution in [2.45, 2.75) is 50.2 Å². The Morgan fingerprint density at radius 3 is 2.28 bits per heavy atom. The van der Waals surface area contributed by atoms with E-state index in [0.717, 1.165) is 11.1 Å². The van der Waals surface area contributed by atoms with Gasteiger partial charge in [0.25, 0.3) is 0 Å². The minimum Gasteiger partial charge on any atom is -0.204 e. The molecule has 1 aliphatic rings. The summed E-state index contributed by atoms with van der Waals surface area (Å²) in [7, 11) is -0.148. The Kier molecular flexibility index (Phi) is 6.19. The van der Waals surface area contributed by atoms with Crippen LogP contribution in [0.5, 0.6) is 0 Å². The highest BCUT2D eigenvalue weighted by atomic mass is 28.3. The highest BCUT2D eigenvalue weighted by molar-refractivity contribution is 6.59. The van der Waals surface area contributed by atoms with E-state index in [9.17, 15) is 8.78 Å². The number of hydrogen-bond donors (Lipinski definition) is 0. The molecule has 25 heavy (non-hydrogen) atoms. The van der Waals surface area contributed by atoms with Crippen molar-refractivity contribution in [3.8, 4) is 11.1 Å². The molecule has 1 fully saturated rings.